The van der Waals surface area contributed by atoms with E-state index < -0.39 is 12.1 Å². The molecular weight excluding hydrogens is 609 g/mol. The number of nitrogens with one attached hydrogen (secondary N) is 3. The van der Waals surface area contributed by atoms with E-state index in [1.54, 1.807) is 12.4 Å². The van der Waals surface area contributed by atoms with E-state index in [1.807, 2.05) is 116 Å². The molecule has 4 aromatic carbocycles. The van der Waals surface area contributed by atoms with Crippen LogP contribution >= 0.6 is 0 Å². The highest BCUT2D eigenvalue weighted by Crippen LogP contribution is 2.35. The summed E-state index contributed by atoms with van der Waals surface area (Å²) >= 11 is 0. The molecule has 0 spiro atoms. The summed E-state index contributed by atoms with van der Waals surface area (Å²) in [5, 5.41) is 14.8. The number of aliphatic carboxylic acids is 1. The van der Waals surface area contributed by atoms with Gasteiger partial charge in [0.2, 0.25) is 5.91 Å². The minimum Gasteiger partial charge on any atom is -0.475 e. The highest BCUT2D eigenvalue weighted by Gasteiger charge is 2.38. The predicted molar refractivity (Wildman–Crippen MR) is 175 cm³/mol. The summed E-state index contributed by atoms with van der Waals surface area (Å²) in [6.07, 6.45) is -1.28. The highest BCUT2D eigenvalue weighted by molar-refractivity contribution is 5.97. The van der Waals surface area contributed by atoms with Gasteiger partial charge in [-0.1, -0.05) is 48.5 Å². The molecule has 6 aromatic rings. The van der Waals surface area contributed by atoms with Crippen molar-refractivity contribution in [1.82, 2.24) is 9.97 Å². The Morgan fingerprint density at radius 2 is 1.53 bits per heavy atom. The molecule has 0 fully saturated rings. The zero-order valence-corrected chi connectivity index (χ0v) is 25.0. The zero-order valence-electron chi connectivity index (χ0n) is 25.0. The minimum absolute atomic E-state index is 0.0709. The molecule has 0 unspecified atom stereocenters. The Morgan fingerprint density at radius 3 is 2.21 bits per heavy atom. The van der Waals surface area contributed by atoms with Gasteiger partial charge >= 0.3 is 12.1 Å². The number of pyridine rings is 1. The standard InChI is InChI=1S/C34H28N4O2.C2HF3O2/c1-23-30(29-11-5-6-12-32(29)36-23)21-34(39)38-25-15-18-33(37-26-8-7-19-35-22-26)31(20-25)24-13-16-28(17-14-24)40-27-9-3-2-4-10-27;3-2(4,5)1(6)7/h2-20,22,36-37H,21H2,1H3,(H,38,39);(H,6,7). The van der Waals surface area contributed by atoms with Gasteiger partial charge < -0.3 is 25.5 Å². The summed E-state index contributed by atoms with van der Waals surface area (Å²) in [7, 11) is 0. The fraction of sp³-hybridized carbons (Fsp3) is 0.0833. The fourth-order valence-electron chi connectivity index (χ4n) is 4.82. The molecule has 0 aliphatic carbocycles. The number of carboxylic acids is 1. The van der Waals surface area contributed by atoms with Crippen LogP contribution in [-0.2, 0) is 16.0 Å². The maximum Gasteiger partial charge on any atom is 0.490 e. The lowest BCUT2D eigenvalue weighted by Gasteiger charge is -2.15. The van der Waals surface area contributed by atoms with Gasteiger partial charge in [-0.25, -0.2) is 4.79 Å². The van der Waals surface area contributed by atoms with Crippen molar-refractivity contribution >= 4 is 39.8 Å². The number of aromatic nitrogens is 2. The number of amides is 1. The van der Waals surface area contributed by atoms with E-state index in [-0.39, 0.29) is 12.3 Å². The molecule has 6 rings (SSSR count). The van der Waals surface area contributed by atoms with Gasteiger partial charge in [0, 0.05) is 39.7 Å². The van der Waals surface area contributed by atoms with Gasteiger partial charge in [-0.3, -0.25) is 9.78 Å². The number of benzene rings is 4. The third kappa shape index (κ3) is 8.54. The summed E-state index contributed by atoms with van der Waals surface area (Å²) in [5.41, 5.74) is 7.47. The SMILES string of the molecule is Cc1[nH]c2ccccc2c1CC(=O)Nc1ccc(Nc2cccnc2)c(-c2ccc(Oc3ccccc3)cc2)c1.O=C(O)C(F)(F)F. The first-order valence-electron chi connectivity index (χ1n) is 14.4. The number of aromatic amines is 1. The first-order chi connectivity index (χ1) is 22.6. The minimum atomic E-state index is -5.08. The van der Waals surface area contributed by atoms with Crippen LogP contribution in [0.1, 0.15) is 11.3 Å². The number of nitrogens with zero attached hydrogens (tertiary/aromatic N) is 1. The van der Waals surface area contributed by atoms with Crippen molar-refractivity contribution < 1.29 is 32.6 Å². The number of ether oxygens (including phenoxy) is 1. The van der Waals surface area contributed by atoms with Crippen LogP contribution < -0.4 is 15.4 Å². The zero-order chi connectivity index (χ0) is 33.4. The van der Waals surface area contributed by atoms with E-state index in [2.05, 4.69) is 20.6 Å². The van der Waals surface area contributed by atoms with Gasteiger partial charge in [0.05, 0.1) is 18.3 Å². The van der Waals surface area contributed by atoms with E-state index >= 15 is 0 Å². The number of alkyl halides is 3. The second kappa shape index (κ2) is 14.3. The van der Waals surface area contributed by atoms with Gasteiger partial charge in [0.15, 0.2) is 0 Å². The third-order valence-corrected chi connectivity index (χ3v) is 6.99. The summed E-state index contributed by atoms with van der Waals surface area (Å²) in [6, 6.07) is 35.4. The Hall–Kier alpha value is -6.10. The molecule has 11 heteroatoms. The lowest BCUT2D eigenvalue weighted by Crippen LogP contribution is -2.21. The molecule has 0 bridgehead atoms. The Kier molecular flexibility index (Phi) is 9.85. The van der Waals surface area contributed by atoms with Crippen molar-refractivity contribution in [3.8, 4) is 22.6 Å². The quantitative estimate of drug-likeness (QED) is 0.132. The summed E-state index contributed by atoms with van der Waals surface area (Å²) < 4.78 is 37.7. The largest absolute Gasteiger partial charge is 0.490 e. The molecule has 2 heterocycles. The Morgan fingerprint density at radius 1 is 0.851 bits per heavy atom. The van der Waals surface area contributed by atoms with Gasteiger partial charge in [0.25, 0.3) is 0 Å². The lowest BCUT2D eigenvalue weighted by molar-refractivity contribution is -0.192. The number of hydrogen-bond donors (Lipinski definition) is 4. The fourth-order valence-corrected chi connectivity index (χ4v) is 4.82. The van der Waals surface area contributed by atoms with Crippen molar-refractivity contribution in [1.29, 1.82) is 0 Å². The Labute approximate surface area is 267 Å². The van der Waals surface area contributed by atoms with E-state index in [0.29, 0.717) is 0 Å². The molecule has 4 N–H and O–H groups in total. The molecule has 0 aliphatic heterocycles. The number of hydrogen-bond acceptors (Lipinski definition) is 5. The predicted octanol–water partition coefficient (Wildman–Crippen LogP) is 8.89. The number of H-pyrrole nitrogens is 1. The van der Waals surface area contributed by atoms with Crippen LogP contribution in [0.25, 0.3) is 22.0 Å². The van der Waals surface area contributed by atoms with Crippen LogP contribution in [0.3, 0.4) is 0 Å². The maximum atomic E-state index is 13.2. The number of fused-ring (bicyclic) bond motifs is 1. The van der Waals surface area contributed by atoms with Crippen LogP contribution in [0, 0.1) is 6.92 Å². The second-order valence-corrected chi connectivity index (χ2v) is 10.4. The second-order valence-electron chi connectivity index (χ2n) is 10.4. The summed E-state index contributed by atoms with van der Waals surface area (Å²) in [4.78, 5) is 29.6. The third-order valence-electron chi connectivity index (χ3n) is 6.99. The van der Waals surface area contributed by atoms with E-state index in [0.717, 1.165) is 61.8 Å². The van der Waals surface area contributed by atoms with Crippen LogP contribution in [0.15, 0.2) is 122 Å². The van der Waals surface area contributed by atoms with E-state index in [1.165, 1.54) is 0 Å². The number of aryl methyl sites for hydroxylation is 1. The van der Waals surface area contributed by atoms with Crippen LogP contribution in [0.2, 0.25) is 0 Å². The molecule has 47 heavy (non-hydrogen) atoms. The number of para-hydroxylation sites is 2. The average molecular weight is 639 g/mol. The average Bonchev–Trinajstić information content (AvgIpc) is 3.37. The van der Waals surface area contributed by atoms with Crippen LogP contribution in [-0.4, -0.2) is 33.1 Å². The van der Waals surface area contributed by atoms with E-state index in [9.17, 15) is 18.0 Å². The summed E-state index contributed by atoms with van der Waals surface area (Å²) in [6.45, 7) is 2.00. The Bertz CT molecular complexity index is 1980. The molecule has 0 atom stereocenters. The molecule has 0 radical (unpaired) electrons. The van der Waals surface area contributed by atoms with Gasteiger partial charge in [0.1, 0.15) is 11.5 Å². The number of rotatable bonds is 8. The summed E-state index contributed by atoms with van der Waals surface area (Å²) in [5.74, 6) is -1.30. The highest BCUT2D eigenvalue weighted by atomic mass is 19.4. The molecular formula is C36H29F3N4O4. The Balaban J connectivity index is 0.000000559. The number of carboxylic acid groups (broad SMARTS) is 1. The maximum absolute atomic E-state index is 13.2. The molecule has 238 valence electrons. The number of carbonyl (C=O) groups is 2. The van der Waals surface area contributed by atoms with Crippen molar-refractivity contribution in [2.24, 2.45) is 0 Å². The topological polar surface area (TPSA) is 116 Å². The van der Waals surface area contributed by atoms with Crippen LogP contribution in [0.5, 0.6) is 11.5 Å². The van der Waals surface area contributed by atoms with Crippen molar-refractivity contribution in [3.05, 3.63) is 133 Å². The normalized spacial score (nSPS) is 10.9. The van der Waals surface area contributed by atoms with Gasteiger partial charge in [-0.05, 0) is 78.7 Å². The number of anilines is 3. The van der Waals surface area contributed by atoms with Gasteiger partial charge in [-0.2, -0.15) is 13.2 Å². The smallest absolute Gasteiger partial charge is 0.475 e. The molecule has 0 saturated heterocycles. The molecule has 0 aliphatic rings. The number of halogens is 3. The van der Waals surface area contributed by atoms with Crippen molar-refractivity contribution in [2.45, 2.75) is 19.5 Å². The molecule has 1 amide bonds. The first kappa shape index (κ1) is 32.3. The lowest BCUT2D eigenvalue weighted by atomic mass is 10.0. The van der Waals surface area contributed by atoms with Crippen molar-refractivity contribution in [2.75, 3.05) is 10.6 Å². The van der Waals surface area contributed by atoms with Crippen molar-refractivity contribution in [3.63, 3.8) is 0 Å². The molecule has 0 saturated carbocycles. The first-order valence-corrected chi connectivity index (χ1v) is 14.4. The van der Waals surface area contributed by atoms with Crippen LogP contribution in [0.4, 0.5) is 30.2 Å². The van der Waals surface area contributed by atoms with Gasteiger partial charge in [-0.15, -0.1) is 0 Å². The molecule has 2 aromatic heterocycles. The molecule has 8 nitrogen and oxygen atoms in total. The number of carbonyl (C=O) groups excluding carboxylic acids is 1. The van der Waals surface area contributed by atoms with E-state index in [4.69, 9.17) is 14.6 Å². The monoisotopic (exact) mass is 638 g/mol.